The lowest BCUT2D eigenvalue weighted by atomic mass is 10.2. The highest BCUT2D eigenvalue weighted by Gasteiger charge is 1.98. The van der Waals surface area contributed by atoms with E-state index in [2.05, 4.69) is 21.2 Å². The minimum Gasteiger partial charge on any atom is -0.397 e. The van der Waals surface area contributed by atoms with Gasteiger partial charge in [-0.05, 0) is 31.0 Å². The first kappa shape index (κ1) is 15.3. The highest BCUT2D eigenvalue weighted by Crippen LogP contribution is 2.23. The van der Waals surface area contributed by atoms with Crippen LogP contribution in [0, 0.1) is 0 Å². The van der Waals surface area contributed by atoms with Crippen molar-refractivity contribution < 1.29 is 9.47 Å². The van der Waals surface area contributed by atoms with Crippen molar-refractivity contribution in [1.29, 1.82) is 0 Å². The first-order valence-corrected chi connectivity index (χ1v) is 6.89. The highest BCUT2D eigenvalue weighted by molar-refractivity contribution is 9.10. The largest absolute Gasteiger partial charge is 0.397 e. The van der Waals surface area contributed by atoms with Gasteiger partial charge >= 0.3 is 0 Å². The summed E-state index contributed by atoms with van der Waals surface area (Å²) < 4.78 is 11.3. The Morgan fingerprint density at radius 1 is 1.22 bits per heavy atom. The Morgan fingerprint density at radius 3 is 2.83 bits per heavy atom. The fraction of sp³-hybridized carbons (Fsp3) is 0.538. The molecule has 3 N–H and O–H groups in total. The molecule has 0 atom stereocenters. The normalized spacial score (nSPS) is 10.6. The molecular formula is C13H21BrN2O2. The smallest absolute Gasteiger partial charge is 0.0700 e. The molecule has 0 saturated carbocycles. The molecule has 0 radical (unpaired) electrons. The number of halogens is 1. The van der Waals surface area contributed by atoms with Gasteiger partial charge < -0.3 is 20.5 Å². The summed E-state index contributed by atoms with van der Waals surface area (Å²) in [6, 6.07) is 5.81. The van der Waals surface area contributed by atoms with Crippen molar-refractivity contribution >= 4 is 27.3 Å². The number of nitrogens with two attached hydrogens (primary N) is 1. The van der Waals surface area contributed by atoms with Gasteiger partial charge in [-0.1, -0.05) is 15.9 Å². The number of methoxy groups -OCH3 is 1. The van der Waals surface area contributed by atoms with Gasteiger partial charge in [0.25, 0.3) is 0 Å². The maximum Gasteiger partial charge on any atom is 0.0700 e. The van der Waals surface area contributed by atoms with Gasteiger partial charge in [0.15, 0.2) is 0 Å². The highest BCUT2D eigenvalue weighted by atomic mass is 79.9. The van der Waals surface area contributed by atoms with Gasteiger partial charge in [0.2, 0.25) is 0 Å². The topological polar surface area (TPSA) is 56.5 Å². The predicted molar refractivity (Wildman–Crippen MR) is 79.0 cm³/mol. The van der Waals surface area contributed by atoms with Crippen LogP contribution in [0.25, 0.3) is 0 Å². The molecule has 0 amide bonds. The molecule has 0 spiro atoms. The molecule has 0 fully saturated rings. The van der Waals surface area contributed by atoms with Crippen molar-refractivity contribution in [3.63, 3.8) is 0 Å². The van der Waals surface area contributed by atoms with Gasteiger partial charge in [0, 0.05) is 24.7 Å². The summed E-state index contributed by atoms with van der Waals surface area (Å²) in [6.45, 7) is 3.00. The summed E-state index contributed by atoms with van der Waals surface area (Å²) >= 11 is 3.43. The Kier molecular flexibility index (Phi) is 7.80. The van der Waals surface area contributed by atoms with Gasteiger partial charge in [-0.15, -0.1) is 0 Å². The molecule has 18 heavy (non-hydrogen) atoms. The average molecular weight is 317 g/mol. The minimum atomic E-state index is 0.660. The Balaban J connectivity index is 2.09. The second-order valence-electron chi connectivity index (χ2n) is 3.97. The molecule has 0 aliphatic carbocycles. The number of benzene rings is 1. The van der Waals surface area contributed by atoms with E-state index in [-0.39, 0.29) is 0 Å². The number of unbranched alkanes of at least 4 members (excludes halogenated alkanes) is 1. The molecule has 102 valence electrons. The van der Waals surface area contributed by atoms with Crippen LogP contribution in [-0.2, 0) is 9.47 Å². The summed E-state index contributed by atoms with van der Waals surface area (Å²) in [6.07, 6.45) is 2.09. The van der Waals surface area contributed by atoms with Crippen LogP contribution in [0.2, 0.25) is 0 Å². The van der Waals surface area contributed by atoms with Crippen LogP contribution in [0.5, 0.6) is 0 Å². The summed E-state index contributed by atoms with van der Waals surface area (Å²) in [5.41, 5.74) is 7.61. The SMILES string of the molecule is COCCOCCCCNc1cc(Br)ccc1N. The number of nitrogens with one attached hydrogen (secondary N) is 1. The van der Waals surface area contributed by atoms with Crippen LogP contribution >= 0.6 is 15.9 Å². The summed E-state index contributed by atoms with van der Waals surface area (Å²) in [7, 11) is 1.68. The maximum absolute atomic E-state index is 5.86. The van der Waals surface area contributed by atoms with Gasteiger partial charge in [-0.2, -0.15) is 0 Å². The first-order valence-electron chi connectivity index (χ1n) is 6.09. The zero-order chi connectivity index (χ0) is 13.2. The molecular weight excluding hydrogens is 296 g/mol. The number of anilines is 2. The molecule has 0 bridgehead atoms. The fourth-order valence-electron chi connectivity index (χ4n) is 1.48. The zero-order valence-corrected chi connectivity index (χ0v) is 12.3. The van der Waals surface area contributed by atoms with Gasteiger partial charge in [-0.3, -0.25) is 0 Å². The number of hydrogen-bond acceptors (Lipinski definition) is 4. The third-order valence-corrected chi connectivity index (χ3v) is 2.97. The zero-order valence-electron chi connectivity index (χ0n) is 10.7. The van der Waals surface area contributed by atoms with Crippen LogP contribution < -0.4 is 11.1 Å². The van der Waals surface area contributed by atoms with E-state index < -0.39 is 0 Å². The van der Waals surface area contributed by atoms with Crippen LogP contribution in [0.15, 0.2) is 22.7 Å². The second-order valence-corrected chi connectivity index (χ2v) is 4.89. The molecule has 0 aliphatic heterocycles. The van der Waals surface area contributed by atoms with Gasteiger partial charge in [0.05, 0.1) is 24.6 Å². The van der Waals surface area contributed by atoms with Crippen LogP contribution in [-0.4, -0.2) is 33.5 Å². The lowest BCUT2D eigenvalue weighted by Crippen LogP contribution is -2.07. The lowest BCUT2D eigenvalue weighted by molar-refractivity contribution is 0.0691. The van der Waals surface area contributed by atoms with Crippen molar-refractivity contribution in [2.75, 3.05) is 44.5 Å². The van der Waals surface area contributed by atoms with Crippen LogP contribution in [0.1, 0.15) is 12.8 Å². The first-order chi connectivity index (χ1) is 8.74. The summed E-state index contributed by atoms with van der Waals surface area (Å²) in [4.78, 5) is 0. The molecule has 1 rings (SSSR count). The molecule has 5 heteroatoms. The standard InChI is InChI=1S/C13H21BrN2O2/c1-17-8-9-18-7-3-2-6-16-13-10-11(14)4-5-12(13)15/h4-5,10,16H,2-3,6-9,15H2,1H3. The number of ether oxygens (including phenoxy) is 2. The van der Waals surface area contributed by atoms with E-state index >= 15 is 0 Å². The third-order valence-electron chi connectivity index (χ3n) is 2.48. The van der Waals surface area contributed by atoms with Gasteiger partial charge in [0.1, 0.15) is 0 Å². The van der Waals surface area contributed by atoms with Crippen LogP contribution in [0.4, 0.5) is 11.4 Å². The predicted octanol–water partition coefficient (Wildman–Crippen LogP) is 2.89. The van der Waals surface area contributed by atoms with E-state index in [9.17, 15) is 0 Å². The molecule has 4 nitrogen and oxygen atoms in total. The molecule has 1 aromatic carbocycles. The van der Waals surface area contributed by atoms with E-state index in [0.717, 1.165) is 41.8 Å². The average Bonchev–Trinajstić information content (AvgIpc) is 2.36. The quantitative estimate of drug-likeness (QED) is 0.543. The number of nitrogen functional groups attached to an aromatic ring is 1. The second kappa shape index (κ2) is 9.19. The number of rotatable bonds is 9. The molecule has 0 unspecified atom stereocenters. The van der Waals surface area contributed by atoms with E-state index in [1.807, 2.05) is 18.2 Å². The molecule has 0 aromatic heterocycles. The van der Waals surface area contributed by atoms with E-state index in [1.165, 1.54) is 0 Å². The Bertz CT molecular complexity index is 348. The lowest BCUT2D eigenvalue weighted by Gasteiger charge is -2.09. The fourth-order valence-corrected chi connectivity index (χ4v) is 1.84. The van der Waals surface area contributed by atoms with Crippen molar-refractivity contribution in [3.05, 3.63) is 22.7 Å². The number of hydrogen-bond donors (Lipinski definition) is 2. The summed E-state index contributed by atoms with van der Waals surface area (Å²) in [5.74, 6) is 0. The minimum absolute atomic E-state index is 0.660. The molecule has 0 saturated heterocycles. The molecule has 0 aliphatic rings. The van der Waals surface area contributed by atoms with E-state index in [1.54, 1.807) is 7.11 Å². The molecule has 1 aromatic rings. The van der Waals surface area contributed by atoms with Gasteiger partial charge in [-0.25, -0.2) is 0 Å². The third kappa shape index (κ3) is 6.23. The van der Waals surface area contributed by atoms with E-state index in [0.29, 0.717) is 13.2 Å². The van der Waals surface area contributed by atoms with E-state index in [4.69, 9.17) is 15.2 Å². The molecule has 0 heterocycles. The van der Waals surface area contributed by atoms with Crippen molar-refractivity contribution in [2.24, 2.45) is 0 Å². The monoisotopic (exact) mass is 316 g/mol. The van der Waals surface area contributed by atoms with Crippen molar-refractivity contribution in [1.82, 2.24) is 0 Å². The summed E-state index contributed by atoms with van der Waals surface area (Å²) in [5, 5.41) is 3.32. The maximum atomic E-state index is 5.86. The Hall–Kier alpha value is -0.780. The Morgan fingerprint density at radius 2 is 2.06 bits per heavy atom. The Labute approximate surface area is 117 Å². The van der Waals surface area contributed by atoms with Crippen molar-refractivity contribution in [2.45, 2.75) is 12.8 Å². The van der Waals surface area contributed by atoms with Crippen molar-refractivity contribution in [3.8, 4) is 0 Å². The van der Waals surface area contributed by atoms with Crippen LogP contribution in [0.3, 0.4) is 0 Å².